The molecule has 0 aliphatic carbocycles. The van der Waals surface area contributed by atoms with E-state index in [1.165, 1.54) is 24.3 Å². The molecule has 0 spiro atoms. The lowest BCUT2D eigenvalue weighted by Crippen LogP contribution is -2.13. The standard InChI is InChI=1S/C14H19FO4/c1-17-7-2-8-18-9-10-19-11-14(16)12-3-5-13(15)6-4-12/h3-6H,2,7-11H2,1H3. The third-order valence-electron chi connectivity index (χ3n) is 2.41. The predicted molar refractivity (Wildman–Crippen MR) is 68.9 cm³/mol. The average Bonchev–Trinajstić information content (AvgIpc) is 2.42. The van der Waals surface area contributed by atoms with Gasteiger partial charge in [-0.05, 0) is 30.7 Å². The van der Waals surface area contributed by atoms with E-state index in [4.69, 9.17) is 14.2 Å². The smallest absolute Gasteiger partial charge is 0.188 e. The van der Waals surface area contributed by atoms with Crippen molar-refractivity contribution < 1.29 is 23.4 Å². The number of ether oxygens (including phenoxy) is 3. The topological polar surface area (TPSA) is 44.8 Å². The third-order valence-corrected chi connectivity index (χ3v) is 2.41. The van der Waals surface area contributed by atoms with E-state index >= 15 is 0 Å². The van der Waals surface area contributed by atoms with Gasteiger partial charge in [0.05, 0.1) is 13.2 Å². The fraction of sp³-hybridized carbons (Fsp3) is 0.500. The first-order valence-electron chi connectivity index (χ1n) is 6.17. The van der Waals surface area contributed by atoms with Crippen molar-refractivity contribution in [2.75, 3.05) is 40.1 Å². The average molecular weight is 270 g/mol. The highest BCUT2D eigenvalue weighted by molar-refractivity contribution is 5.96. The molecular formula is C14H19FO4. The number of benzene rings is 1. The Morgan fingerprint density at radius 2 is 1.74 bits per heavy atom. The molecule has 0 saturated carbocycles. The van der Waals surface area contributed by atoms with Gasteiger partial charge < -0.3 is 14.2 Å². The number of hydrogen-bond acceptors (Lipinski definition) is 4. The molecular weight excluding hydrogens is 251 g/mol. The van der Waals surface area contributed by atoms with Crippen molar-refractivity contribution in [3.63, 3.8) is 0 Å². The molecule has 0 saturated heterocycles. The molecule has 4 nitrogen and oxygen atoms in total. The Bertz CT molecular complexity index is 364. The number of ketones is 1. The lowest BCUT2D eigenvalue weighted by molar-refractivity contribution is 0.0382. The Balaban J connectivity index is 2.06. The van der Waals surface area contributed by atoms with Crippen LogP contribution in [0.4, 0.5) is 4.39 Å². The molecule has 0 heterocycles. The van der Waals surface area contributed by atoms with Gasteiger partial charge >= 0.3 is 0 Å². The van der Waals surface area contributed by atoms with E-state index in [2.05, 4.69) is 0 Å². The van der Waals surface area contributed by atoms with Gasteiger partial charge in [-0.2, -0.15) is 0 Å². The fourth-order valence-corrected chi connectivity index (χ4v) is 1.41. The molecule has 0 bridgehead atoms. The molecule has 0 radical (unpaired) electrons. The molecule has 1 aromatic carbocycles. The van der Waals surface area contributed by atoms with Gasteiger partial charge in [0.1, 0.15) is 12.4 Å². The van der Waals surface area contributed by atoms with Crippen LogP contribution < -0.4 is 0 Å². The summed E-state index contributed by atoms with van der Waals surface area (Å²) in [6, 6.07) is 5.41. The second-order valence-electron chi connectivity index (χ2n) is 3.94. The maximum atomic E-state index is 12.7. The summed E-state index contributed by atoms with van der Waals surface area (Å²) in [6.45, 7) is 2.07. The molecule has 0 atom stereocenters. The lowest BCUT2D eigenvalue weighted by atomic mass is 10.1. The van der Waals surface area contributed by atoms with Crippen LogP contribution in [0.5, 0.6) is 0 Å². The van der Waals surface area contributed by atoms with Crippen LogP contribution in [0.1, 0.15) is 16.8 Å². The summed E-state index contributed by atoms with van der Waals surface area (Å²) in [7, 11) is 1.64. The molecule has 0 aliphatic heterocycles. The molecule has 1 aromatic rings. The summed E-state index contributed by atoms with van der Waals surface area (Å²) in [6.07, 6.45) is 0.838. The Hall–Kier alpha value is -1.30. The van der Waals surface area contributed by atoms with E-state index < -0.39 is 0 Å². The minimum absolute atomic E-state index is 0.0208. The van der Waals surface area contributed by atoms with E-state index in [1.54, 1.807) is 7.11 Å². The zero-order valence-corrected chi connectivity index (χ0v) is 11.1. The number of methoxy groups -OCH3 is 1. The van der Waals surface area contributed by atoms with Gasteiger partial charge in [-0.15, -0.1) is 0 Å². The Morgan fingerprint density at radius 1 is 1.05 bits per heavy atom. The van der Waals surface area contributed by atoms with E-state index in [0.29, 0.717) is 32.0 Å². The van der Waals surface area contributed by atoms with Gasteiger partial charge in [-0.1, -0.05) is 0 Å². The maximum Gasteiger partial charge on any atom is 0.188 e. The first-order valence-corrected chi connectivity index (χ1v) is 6.17. The molecule has 0 fully saturated rings. The summed E-state index contributed by atoms with van der Waals surface area (Å²) in [5.41, 5.74) is 0.447. The van der Waals surface area contributed by atoms with E-state index in [9.17, 15) is 9.18 Å². The second-order valence-corrected chi connectivity index (χ2v) is 3.94. The molecule has 0 N–H and O–H groups in total. The number of rotatable bonds is 10. The summed E-state index contributed by atoms with van der Waals surface area (Å²) in [5, 5.41) is 0. The summed E-state index contributed by atoms with van der Waals surface area (Å²) in [5.74, 6) is -0.527. The summed E-state index contributed by atoms with van der Waals surface area (Å²) in [4.78, 5) is 11.6. The quantitative estimate of drug-likeness (QED) is 0.482. The monoisotopic (exact) mass is 270 g/mol. The van der Waals surface area contributed by atoms with Crippen LogP contribution in [-0.4, -0.2) is 45.9 Å². The highest BCUT2D eigenvalue weighted by Crippen LogP contribution is 2.03. The molecule has 0 aliphatic rings. The highest BCUT2D eigenvalue weighted by atomic mass is 19.1. The van der Waals surface area contributed by atoms with Crippen molar-refractivity contribution in [1.82, 2.24) is 0 Å². The maximum absolute atomic E-state index is 12.7. The number of halogens is 1. The van der Waals surface area contributed by atoms with Gasteiger partial charge in [0.2, 0.25) is 0 Å². The summed E-state index contributed by atoms with van der Waals surface area (Å²) >= 11 is 0. The van der Waals surface area contributed by atoms with Gasteiger partial charge in [-0.25, -0.2) is 4.39 Å². The lowest BCUT2D eigenvalue weighted by Gasteiger charge is -2.05. The van der Waals surface area contributed by atoms with Crippen molar-refractivity contribution in [2.24, 2.45) is 0 Å². The minimum atomic E-state index is -0.359. The van der Waals surface area contributed by atoms with Crippen molar-refractivity contribution >= 4 is 5.78 Å². The normalized spacial score (nSPS) is 10.6. The second kappa shape index (κ2) is 9.61. The third kappa shape index (κ3) is 7.00. The highest BCUT2D eigenvalue weighted by Gasteiger charge is 2.05. The molecule has 0 unspecified atom stereocenters. The van der Waals surface area contributed by atoms with Crippen molar-refractivity contribution in [3.05, 3.63) is 35.6 Å². The Labute approximate surface area is 112 Å². The molecule has 0 amide bonds. The van der Waals surface area contributed by atoms with Crippen LogP contribution >= 0.6 is 0 Å². The number of Topliss-reactive ketones (excluding diaryl/α,β-unsaturated/α-hetero) is 1. The van der Waals surface area contributed by atoms with Gasteiger partial charge in [0.15, 0.2) is 5.78 Å². The van der Waals surface area contributed by atoms with Crippen LogP contribution in [0.15, 0.2) is 24.3 Å². The van der Waals surface area contributed by atoms with E-state index in [0.717, 1.165) is 6.42 Å². The van der Waals surface area contributed by atoms with Gasteiger partial charge in [0.25, 0.3) is 0 Å². The summed E-state index contributed by atoms with van der Waals surface area (Å²) < 4.78 is 28.0. The van der Waals surface area contributed by atoms with Crippen molar-refractivity contribution in [3.8, 4) is 0 Å². The fourth-order valence-electron chi connectivity index (χ4n) is 1.41. The van der Waals surface area contributed by atoms with E-state index in [1.807, 2.05) is 0 Å². The first-order chi connectivity index (χ1) is 9.24. The van der Waals surface area contributed by atoms with Crippen LogP contribution in [0, 0.1) is 5.82 Å². The molecule has 106 valence electrons. The number of hydrogen-bond donors (Lipinski definition) is 0. The molecule has 1 rings (SSSR count). The predicted octanol–water partition coefficient (Wildman–Crippen LogP) is 2.08. The molecule has 5 heteroatoms. The SMILES string of the molecule is COCCCOCCOCC(=O)c1ccc(F)cc1. The van der Waals surface area contributed by atoms with Crippen LogP contribution in [0.25, 0.3) is 0 Å². The van der Waals surface area contributed by atoms with Gasteiger partial charge in [0, 0.05) is 25.9 Å². The zero-order valence-electron chi connectivity index (χ0n) is 11.1. The number of carbonyl (C=O) groups excluding carboxylic acids is 1. The van der Waals surface area contributed by atoms with Crippen molar-refractivity contribution in [1.29, 1.82) is 0 Å². The van der Waals surface area contributed by atoms with Crippen LogP contribution in [-0.2, 0) is 14.2 Å². The minimum Gasteiger partial charge on any atom is -0.385 e. The first kappa shape index (κ1) is 15.8. The number of carbonyl (C=O) groups is 1. The Kier molecular flexibility index (Phi) is 7.97. The molecule has 19 heavy (non-hydrogen) atoms. The Morgan fingerprint density at radius 3 is 2.42 bits per heavy atom. The van der Waals surface area contributed by atoms with Crippen LogP contribution in [0.3, 0.4) is 0 Å². The van der Waals surface area contributed by atoms with E-state index in [-0.39, 0.29) is 18.2 Å². The van der Waals surface area contributed by atoms with Crippen LogP contribution in [0.2, 0.25) is 0 Å². The van der Waals surface area contributed by atoms with Gasteiger partial charge in [-0.3, -0.25) is 4.79 Å². The molecule has 0 aromatic heterocycles. The zero-order chi connectivity index (χ0) is 13.9. The largest absolute Gasteiger partial charge is 0.385 e. The van der Waals surface area contributed by atoms with Crippen molar-refractivity contribution in [2.45, 2.75) is 6.42 Å².